The van der Waals surface area contributed by atoms with Gasteiger partial charge in [-0.3, -0.25) is 4.79 Å². The van der Waals surface area contributed by atoms with Gasteiger partial charge in [-0.1, -0.05) is 53.2 Å². The maximum Gasteiger partial charge on any atom is 0.257 e. The van der Waals surface area contributed by atoms with Gasteiger partial charge in [-0.2, -0.15) is 0 Å². The molecular formula is C22H22ClFN2O3. The Morgan fingerprint density at radius 2 is 1.97 bits per heavy atom. The highest BCUT2D eigenvalue weighted by molar-refractivity contribution is 6.33. The van der Waals surface area contributed by atoms with Crippen LogP contribution in [-0.4, -0.2) is 30.8 Å². The van der Waals surface area contributed by atoms with Gasteiger partial charge in [-0.15, -0.1) is 0 Å². The summed E-state index contributed by atoms with van der Waals surface area (Å²) in [5.74, 6) is -0.648. The third-order valence-electron chi connectivity index (χ3n) is 4.42. The van der Waals surface area contributed by atoms with E-state index in [1.807, 2.05) is 18.2 Å². The third-order valence-corrected chi connectivity index (χ3v) is 4.73. The molecule has 0 saturated carbocycles. The van der Waals surface area contributed by atoms with E-state index in [0.717, 1.165) is 6.42 Å². The molecule has 0 aliphatic heterocycles. The van der Waals surface area contributed by atoms with Gasteiger partial charge in [-0.25, -0.2) is 4.39 Å². The molecule has 0 aliphatic carbocycles. The molecule has 7 heteroatoms. The van der Waals surface area contributed by atoms with Crippen molar-refractivity contribution in [3.05, 3.63) is 76.3 Å². The molecule has 0 atom stereocenters. The van der Waals surface area contributed by atoms with Crippen molar-refractivity contribution in [1.29, 1.82) is 0 Å². The number of rotatable bonds is 9. The number of hydrogen-bond acceptors (Lipinski definition) is 4. The predicted octanol–water partition coefficient (Wildman–Crippen LogP) is 4.82. The number of nitrogens with one attached hydrogen (secondary N) is 1. The Labute approximate surface area is 173 Å². The number of amides is 1. The number of ether oxygens (including phenoxy) is 1. The molecule has 0 aliphatic rings. The van der Waals surface area contributed by atoms with Crippen LogP contribution in [0.3, 0.4) is 0 Å². The Balaban J connectivity index is 1.50. The maximum atomic E-state index is 14.2. The SMILES string of the molecule is Cc1onc(-c2c(F)cccc2Cl)c1C(=O)NCCCOCCc1ccccc1. The van der Waals surface area contributed by atoms with Crippen LogP contribution in [0.5, 0.6) is 0 Å². The van der Waals surface area contributed by atoms with Crippen molar-refractivity contribution in [1.82, 2.24) is 10.5 Å². The summed E-state index contributed by atoms with van der Waals surface area (Å²) in [4.78, 5) is 12.6. The van der Waals surface area contributed by atoms with E-state index >= 15 is 0 Å². The van der Waals surface area contributed by atoms with Gasteiger partial charge in [-0.05, 0) is 37.5 Å². The van der Waals surface area contributed by atoms with Crippen molar-refractivity contribution >= 4 is 17.5 Å². The molecular weight excluding hydrogens is 395 g/mol. The van der Waals surface area contributed by atoms with Crippen molar-refractivity contribution in [2.24, 2.45) is 0 Å². The van der Waals surface area contributed by atoms with E-state index in [1.165, 1.54) is 17.7 Å². The van der Waals surface area contributed by atoms with Crippen LogP contribution in [0.2, 0.25) is 5.02 Å². The molecule has 5 nitrogen and oxygen atoms in total. The highest BCUT2D eigenvalue weighted by atomic mass is 35.5. The molecule has 3 aromatic rings. The van der Waals surface area contributed by atoms with Crippen LogP contribution in [0, 0.1) is 12.7 Å². The average molecular weight is 417 g/mol. The molecule has 29 heavy (non-hydrogen) atoms. The van der Waals surface area contributed by atoms with E-state index in [-0.39, 0.29) is 27.8 Å². The fraction of sp³-hybridized carbons (Fsp3) is 0.273. The molecule has 0 unspecified atom stereocenters. The minimum atomic E-state index is -0.563. The second kappa shape index (κ2) is 10.2. The summed E-state index contributed by atoms with van der Waals surface area (Å²) in [5, 5.41) is 6.81. The monoisotopic (exact) mass is 416 g/mol. The molecule has 152 valence electrons. The van der Waals surface area contributed by atoms with E-state index < -0.39 is 5.82 Å². The third kappa shape index (κ3) is 5.43. The Hall–Kier alpha value is -2.70. The zero-order valence-electron chi connectivity index (χ0n) is 16.1. The number of aromatic nitrogens is 1. The Morgan fingerprint density at radius 3 is 2.72 bits per heavy atom. The number of hydrogen-bond donors (Lipinski definition) is 1. The van der Waals surface area contributed by atoms with Crippen LogP contribution in [0.4, 0.5) is 4.39 Å². The van der Waals surface area contributed by atoms with E-state index in [2.05, 4.69) is 22.6 Å². The highest BCUT2D eigenvalue weighted by Crippen LogP contribution is 2.33. The number of carbonyl (C=O) groups excluding carboxylic acids is 1. The molecule has 0 bridgehead atoms. The van der Waals surface area contributed by atoms with Crippen LogP contribution < -0.4 is 5.32 Å². The fourth-order valence-corrected chi connectivity index (χ4v) is 3.19. The van der Waals surface area contributed by atoms with Gasteiger partial charge >= 0.3 is 0 Å². The first-order chi connectivity index (χ1) is 14.1. The van der Waals surface area contributed by atoms with Crippen molar-refractivity contribution < 1.29 is 18.4 Å². The van der Waals surface area contributed by atoms with Gasteiger partial charge in [0.2, 0.25) is 0 Å². The van der Waals surface area contributed by atoms with Gasteiger partial charge in [0.15, 0.2) is 0 Å². The minimum Gasteiger partial charge on any atom is -0.381 e. The van der Waals surface area contributed by atoms with Gasteiger partial charge in [0.05, 0.1) is 17.2 Å². The van der Waals surface area contributed by atoms with Crippen molar-refractivity contribution in [3.63, 3.8) is 0 Å². The van der Waals surface area contributed by atoms with E-state index in [4.69, 9.17) is 20.9 Å². The first kappa shape index (κ1) is 21.0. The summed E-state index contributed by atoms with van der Waals surface area (Å²) in [6, 6.07) is 14.4. The Morgan fingerprint density at radius 1 is 1.17 bits per heavy atom. The van der Waals surface area contributed by atoms with E-state index in [9.17, 15) is 9.18 Å². The van der Waals surface area contributed by atoms with Crippen molar-refractivity contribution in [2.45, 2.75) is 19.8 Å². The van der Waals surface area contributed by atoms with Crippen molar-refractivity contribution in [3.8, 4) is 11.3 Å². The normalized spacial score (nSPS) is 10.9. The van der Waals surface area contributed by atoms with Crippen LogP contribution in [0.1, 0.15) is 28.1 Å². The highest BCUT2D eigenvalue weighted by Gasteiger charge is 2.25. The number of carbonyl (C=O) groups is 1. The lowest BCUT2D eigenvalue weighted by Crippen LogP contribution is -2.26. The van der Waals surface area contributed by atoms with Gasteiger partial charge in [0.1, 0.15) is 22.8 Å². The van der Waals surface area contributed by atoms with E-state index in [0.29, 0.717) is 31.9 Å². The molecule has 2 aromatic carbocycles. The zero-order valence-corrected chi connectivity index (χ0v) is 16.8. The van der Waals surface area contributed by atoms with Crippen LogP contribution in [-0.2, 0) is 11.2 Å². The van der Waals surface area contributed by atoms with Gasteiger partial charge < -0.3 is 14.6 Å². The summed E-state index contributed by atoms with van der Waals surface area (Å²) in [6.07, 6.45) is 1.50. The first-order valence-corrected chi connectivity index (χ1v) is 9.76. The lowest BCUT2D eigenvalue weighted by atomic mass is 10.0. The molecule has 0 radical (unpaired) electrons. The number of nitrogens with zero attached hydrogens (tertiary/aromatic N) is 1. The minimum absolute atomic E-state index is 0.0559. The maximum absolute atomic E-state index is 14.2. The fourth-order valence-electron chi connectivity index (χ4n) is 2.94. The summed E-state index contributed by atoms with van der Waals surface area (Å²) >= 11 is 6.10. The lowest BCUT2D eigenvalue weighted by Gasteiger charge is -2.08. The first-order valence-electron chi connectivity index (χ1n) is 9.38. The molecule has 1 heterocycles. The smallest absolute Gasteiger partial charge is 0.257 e. The Bertz CT molecular complexity index is 940. The second-order valence-electron chi connectivity index (χ2n) is 6.52. The standard InChI is InChI=1S/C22H22ClFN2O3/c1-15-19(21(26-29-15)20-17(23)9-5-10-18(20)24)22(27)25-12-6-13-28-14-11-16-7-3-2-4-8-16/h2-5,7-10H,6,11-14H2,1H3,(H,25,27). The topological polar surface area (TPSA) is 64.4 Å². The van der Waals surface area contributed by atoms with Gasteiger partial charge in [0.25, 0.3) is 5.91 Å². The average Bonchev–Trinajstić information content (AvgIpc) is 3.09. The zero-order chi connectivity index (χ0) is 20.6. The quantitative estimate of drug-likeness (QED) is 0.508. The summed E-state index contributed by atoms with van der Waals surface area (Å²) in [5.41, 5.74) is 1.56. The number of halogens is 2. The van der Waals surface area contributed by atoms with Crippen LogP contribution in [0.25, 0.3) is 11.3 Å². The molecule has 1 N–H and O–H groups in total. The van der Waals surface area contributed by atoms with Gasteiger partial charge in [0, 0.05) is 13.2 Å². The summed E-state index contributed by atoms with van der Waals surface area (Å²) < 4.78 is 25.0. The lowest BCUT2D eigenvalue weighted by molar-refractivity contribution is 0.0941. The summed E-state index contributed by atoms with van der Waals surface area (Å²) in [6.45, 7) is 3.17. The van der Waals surface area contributed by atoms with Crippen LogP contribution >= 0.6 is 11.6 Å². The summed E-state index contributed by atoms with van der Waals surface area (Å²) in [7, 11) is 0. The molecule has 1 aromatic heterocycles. The molecule has 0 spiro atoms. The second-order valence-corrected chi connectivity index (χ2v) is 6.92. The largest absolute Gasteiger partial charge is 0.381 e. The molecule has 0 fully saturated rings. The Kier molecular flexibility index (Phi) is 7.38. The number of benzene rings is 2. The molecule has 1 amide bonds. The van der Waals surface area contributed by atoms with E-state index in [1.54, 1.807) is 13.0 Å². The molecule has 0 saturated heterocycles. The van der Waals surface area contributed by atoms with Crippen LogP contribution in [0.15, 0.2) is 53.1 Å². The molecule has 3 rings (SSSR count). The predicted molar refractivity (Wildman–Crippen MR) is 110 cm³/mol. The number of aryl methyl sites for hydroxylation is 1. The van der Waals surface area contributed by atoms with Crippen molar-refractivity contribution in [2.75, 3.05) is 19.8 Å².